The number of thioether (sulfide) groups is 1. The lowest BCUT2D eigenvalue weighted by atomic mass is 9.98. The van der Waals surface area contributed by atoms with Crippen LogP contribution in [0, 0.1) is 13.8 Å². The van der Waals surface area contributed by atoms with Crippen molar-refractivity contribution in [3.8, 4) is 0 Å². The molecule has 0 fully saturated rings. The van der Waals surface area contributed by atoms with Gasteiger partial charge in [0, 0.05) is 17.9 Å². The number of rotatable bonds is 7. The first kappa shape index (κ1) is 15.4. The zero-order valence-corrected chi connectivity index (χ0v) is 13.0. The van der Waals surface area contributed by atoms with Crippen LogP contribution in [0.25, 0.3) is 0 Å². The molecule has 1 aromatic rings. The van der Waals surface area contributed by atoms with Gasteiger partial charge in [0.15, 0.2) is 0 Å². The van der Waals surface area contributed by atoms with Gasteiger partial charge in [-0.15, -0.1) is 0 Å². The monoisotopic (exact) mass is 267 g/mol. The average Bonchev–Trinajstić information content (AvgIpc) is 2.28. The second-order valence-electron chi connectivity index (χ2n) is 4.76. The molecule has 0 aliphatic carbocycles. The van der Waals surface area contributed by atoms with E-state index in [9.17, 15) is 0 Å². The SMILES string of the molecule is CCCNCC(C)c1c(C)nc(CSC)nc1C. The van der Waals surface area contributed by atoms with Gasteiger partial charge in [-0.25, -0.2) is 9.97 Å². The van der Waals surface area contributed by atoms with E-state index >= 15 is 0 Å². The Hall–Kier alpha value is -0.610. The Morgan fingerprint density at radius 2 is 1.83 bits per heavy atom. The number of nitrogens with zero attached hydrogens (tertiary/aromatic N) is 2. The summed E-state index contributed by atoms with van der Waals surface area (Å²) in [6, 6.07) is 0. The third-order valence-corrected chi connectivity index (χ3v) is 3.56. The van der Waals surface area contributed by atoms with Crippen LogP contribution in [0.2, 0.25) is 0 Å². The second kappa shape index (κ2) is 7.74. The molecular weight excluding hydrogens is 242 g/mol. The van der Waals surface area contributed by atoms with Gasteiger partial charge in [-0.3, -0.25) is 0 Å². The van der Waals surface area contributed by atoms with E-state index in [4.69, 9.17) is 0 Å². The standard InChI is InChI=1S/C14H25N3S/c1-6-7-15-8-10(2)14-11(3)16-13(9-18-5)17-12(14)4/h10,15H,6-9H2,1-5H3. The lowest BCUT2D eigenvalue weighted by Crippen LogP contribution is -2.22. The van der Waals surface area contributed by atoms with Gasteiger partial charge in [0.05, 0.1) is 5.75 Å². The fraction of sp³-hybridized carbons (Fsp3) is 0.714. The zero-order valence-electron chi connectivity index (χ0n) is 12.2. The van der Waals surface area contributed by atoms with E-state index in [0.717, 1.165) is 36.1 Å². The van der Waals surface area contributed by atoms with E-state index in [2.05, 4.69) is 49.2 Å². The Kier molecular flexibility index (Phi) is 6.65. The van der Waals surface area contributed by atoms with Crippen LogP contribution in [0.1, 0.15) is 49.0 Å². The van der Waals surface area contributed by atoms with Gasteiger partial charge in [-0.2, -0.15) is 11.8 Å². The molecular formula is C14H25N3S. The summed E-state index contributed by atoms with van der Waals surface area (Å²) in [6.07, 6.45) is 3.26. The van der Waals surface area contributed by atoms with Gasteiger partial charge in [0.1, 0.15) is 5.82 Å². The molecule has 1 unspecified atom stereocenters. The molecule has 1 rings (SSSR count). The third kappa shape index (κ3) is 4.25. The lowest BCUT2D eigenvalue weighted by molar-refractivity contribution is 0.600. The van der Waals surface area contributed by atoms with Crippen molar-refractivity contribution in [1.29, 1.82) is 0 Å². The largest absolute Gasteiger partial charge is 0.316 e. The van der Waals surface area contributed by atoms with E-state index in [1.807, 2.05) is 0 Å². The molecule has 102 valence electrons. The van der Waals surface area contributed by atoms with Gasteiger partial charge in [0.2, 0.25) is 0 Å². The molecule has 4 heteroatoms. The number of nitrogens with one attached hydrogen (secondary N) is 1. The molecule has 0 radical (unpaired) electrons. The first-order valence-electron chi connectivity index (χ1n) is 6.63. The normalized spacial score (nSPS) is 12.7. The minimum Gasteiger partial charge on any atom is -0.316 e. The van der Waals surface area contributed by atoms with Crippen molar-refractivity contribution >= 4 is 11.8 Å². The van der Waals surface area contributed by atoms with Crippen LogP contribution in [-0.2, 0) is 5.75 Å². The maximum Gasteiger partial charge on any atom is 0.138 e. The molecule has 0 aliphatic heterocycles. The first-order chi connectivity index (χ1) is 8.60. The van der Waals surface area contributed by atoms with Crippen LogP contribution < -0.4 is 5.32 Å². The molecule has 1 aromatic heterocycles. The highest BCUT2D eigenvalue weighted by atomic mass is 32.2. The highest BCUT2D eigenvalue weighted by Gasteiger charge is 2.14. The molecule has 0 aromatic carbocycles. The predicted octanol–water partition coefficient (Wildman–Crippen LogP) is 3.06. The summed E-state index contributed by atoms with van der Waals surface area (Å²) < 4.78 is 0. The minimum atomic E-state index is 0.472. The number of aryl methyl sites for hydroxylation is 2. The maximum atomic E-state index is 4.61. The molecule has 1 N–H and O–H groups in total. The Balaban J connectivity index is 2.81. The second-order valence-corrected chi connectivity index (χ2v) is 5.63. The van der Waals surface area contributed by atoms with E-state index in [0.29, 0.717) is 5.92 Å². The fourth-order valence-electron chi connectivity index (χ4n) is 2.30. The third-order valence-electron chi connectivity index (χ3n) is 3.02. The number of aromatic nitrogens is 2. The topological polar surface area (TPSA) is 37.8 Å². The van der Waals surface area contributed by atoms with E-state index in [-0.39, 0.29) is 0 Å². The highest BCUT2D eigenvalue weighted by molar-refractivity contribution is 7.97. The van der Waals surface area contributed by atoms with Crippen LogP contribution in [0.5, 0.6) is 0 Å². The van der Waals surface area contributed by atoms with Crippen LogP contribution in [0.3, 0.4) is 0 Å². The van der Waals surface area contributed by atoms with Crippen molar-refractivity contribution in [3.05, 3.63) is 22.8 Å². The Morgan fingerprint density at radius 3 is 2.33 bits per heavy atom. The molecule has 0 saturated carbocycles. The summed E-state index contributed by atoms with van der Waals surface area (Å²) in [5, 5.41) is 3.47. The molecule has 3 nitrogen and oxygen atoms in total. The number of hydrogen-bond acceptors (Lipinski definition) is 4. The Morgan fingerprint density at radius 1 is 1.22 bits per heavy atom. The Bertz CT molecular complexity index is 356. The van der Waals surface area contributed by atoms with Crippen molar-refractivity contribution in [2.24, 2.45) is 0 Å². The van der Waals surface area contributed by atoms with Gasteiger partial charge in [0.25, 0.3) is 0 Å². The van der Waals surface area contributed by atoms with E-state index < -0.39 is 0 Å². The summed E-state index contributed by atoms with van der Waals surface area (Å²) in [6.45, 7) is 10.7. The molecule has 0 aliphatic rings. The van der Waals surface area contributed by atoms with Gasteiger partial charge in [-0.05, 0) is 44.6 Å². The summed E-state index contributed by atoms with van der Waals surface area (Å²) >= 11 is 1.77. The Labute approximate surface area is 115 Å². The molecule has 1 atom stereocenters. The smallest absolute Gasteiger partial charge is 0.138 e. The van der Waals surface area contributed by atoms with Crippen molar-refractivity contribution in [3.63, 3.8) is 0 Å². The van der Waals surface area contributed by atoms with Crippen LogP contribution in [0.15, 0.2) is 0 Å². The quantitative estimate of drug-likeness (QED) is 0.771. The van der Waals surface area contributed by atoms with Crippen LogP contribution in [-0.4, -0.2) is 29.3 Å². The average molecular weight is 267 g/mol. The predicted molar refractivity (Wildman–Crippen MR) is 80.3 cm³/mol. The van der Waals surface area contributed by atoms with Gasteiger partial charge in [-0.1, -0.05) is 13.8 Å². The summed E-state index contributed by atoms with van der Waals surface area (Å²) in [5.74, 6) is 2.32. The first-order valence-corrected chi connectivity index (χ1v) is 8.03. The molecule has 18 heavy (non-hydrogen) atoms. The van der Waals surface area contributed by atoms with Gasteiger partial charge >= 0.3 is 0 Å². The van der Waals surface area contributed by atoms with Crippen LogP contribution in [0.4, 0.5) is 0 Å². The fourth-order valence-corrected chi connectivity index (χ4v) is 2.69. The van der Waals surface area contributed by atoms with E-state index in [1.54, 1.807) is 11.8 Å². The van der Waals surface area contributed by atoms with Crippen molar-refractivity contribution < 1.29 is 0 Å². The minimum absolute atomic E-state index is 0.472. The molecule has 0 amide bonds. The molecule has 1 heterocycles. The highest BCUT2D eigenvalue weighted by Crippen LogP contribution is 2.21. The summed E-state index contributed by atoms with van der Waals surface area (Å²) in [5.41, 5.74) is 3.58. The summed E-state index contributed by atoms with van der Waals surface area (Å²) in [7, 11) is 0. The van der Waals surface area contributed by atoms with Gasteiger partial charge < -0.3 is 5.32 Å². The van der Waals surface area contributed by atoms with Crippen molar-refractivity contribution in [2.75, 3.05) is 19.3 Å². The summed E-state index contributed by atoms with van der Waals surface area (Å²) in [4.78, 5) is 9.23. The molecule has 0 bridgehead atoms. The molecule has 0 saturated heterocycles. The van der Waals surface area contributed by atoms with E-state index in [1.165, 1.54) is 12.0 Å². The number of hydrogen-bond donors (Lipinski definition) is 1. The molecule has 0 spiro atoms. The van der Waals surface area contributed by atoms with Crippen molar-refractivity contribution in [2.45, 2.75) is 45.8 Å². The zero-order chi connectivity index (χ0) is 13.5. The lowest BCUT2D eigenvalue weighted by Gasteiger charge is -2.17. The van der Waals surface area contributed by atoms with Crippen molar-refractivity contribution in [1.82, 2.24) is 15.3 Å². The van der Waals surface area contributed by atoms with Crippen LogP contribution >= 0.6 is 11.8 Å². The maximum absolute atomic E-state index is 4.61.